The lowest BCUT2D eigenvalue weighted by Gasteiger charge is -2.26. The zero-order chi connectivity index (χ0) is 19.0. The van der Waals surface area contributed by atoms with Gasteiger partial charge in [0.25, 0.3) is 0 Å². The first-order chi connectivity index (χ1) is 11.6. The Bertz CT molecular complexity index is 479. The van der Waals surface area contributed by atoms with E-state index in [-0.39, 0.29) is 30.4 Å². The SMILES string of the molecule is CN(C)C(=O)CN=C(NCC1CCOC1)N(C)CC(=O)NC(C)(C)C. The molecule has 0 radical (unpaired) electrons. The molecule has 8 heteroatoms. The first-order valence-electron chi connectivity index (χ1n) is 8.67. The van der Waals surface area contributed by atoms with E-state index in [1.165, 1.54) is 4.90 Å². The summed E-state index contributed by atoms with van der Waals surface area (Å²) in [4.78, 5) is 31.6. The van der Waals surface area contributed by atoms with Crippen LogP contribution in [0.1, 0.15) is 27.2 Å². The second-order valence-electron chi connectivity index (χ2n) is 7.69. The number of nitrogens with zero attached hydrogens (tertiary/aromatic N) is 3. The van der Waals surface area contributed by atoms with Crippen molar-refractivity contribution in [3.8, 4) is 0 Å². The molecule has 0 bridgehead atoms. The van der Waals surface area contributed by atoms with Crippen LogP contribution < -0.4 is 10.6 Å². The summed E-state index contributed by atoms with van der Waals surface area (Å²) >= 11 is 0. The molecule has 1 fully saturated rings. The van der Waals surface area contributed by atoms with Gasteiger partial charge in [0.2, 0.25) is 11.8 Å². The summed E-state index contributed by atoms with van der Waals surface area (Å²) in [6, 6.07) is 0. The van der Waals surface area contributed by atoms with E-state index >= 15 is 0 Å². The number of rotatable bonds is 6. The van der Waals surface area contributed by atoms with Crippen LogP contribution in [0.5, 0.6) is 0 Å². The van der Waals surface area contributed by atoms with Gasteiger partial charge in [-0.2, -0.15) is 0 Å². The minimum absolute atomic E-state index is 0.0434. The van der Waals surface area contributed by atoms with Crippen LogP contribution in [0.3, 0.4) is 0 Å². The lowest BCUT2D eigenvalue weighted by Crippen LogP contribution is -2.49. The number of amides is 2. The number of aliphatic imine (C=N–C) groups is 1. The molecule has 0 aliphatic carbocycles. The monoisotopic (exact) mass is 355 g/mol. The van der Waals surface area contributed by atoms with Crippen LogP contribution in [0.4, 0.5) is 0 Å². The van der Waals surface area contributed by atoms with Crippen molar-refractivity contribution >= 4 is 17.8 Å². The number of likely N-dealkylation sites (N-methyl/N-ethyl adjacent to an activating group) is 2. The van der Waals surface area contributed by atoms with Gasteiger partial charge >= 0.3 is 0 Å². The number of hydrogen-bond acceptors (Lipinski definition) is 4. The maximum Gasteiger partial charge on any atom is 0.243 e. The highest BCUT2D eigenvalue weighted by Gasteiger charge is 2.20. The maximum atomic E-state index is 12.1. The summed E-state index contributed by atoms with van der Waals surface area (Å²) in [6.45, 7) is 8.24. The molecule has 0 aromatic carbocycles. The van der Waals surface area contributed by atoms with Crippen LogP contribution in [0.15, 0.2) is 4.99 Å². The Morgan fingerprint density at radius 2 is 1.92 bits per heavy atom. The van der Waals surface area contributed by atoms with E-state index in [4.69, 9.17) is 4.74 Å². The predicted octanol–water partition coefficient (Wildman–Crippen LogP) is -0.0968. The molecule has 1 heterocycles. The van der Waals surface area contributed by atoms with Crippen LogP contribution in [0.2, 0.25) is 0 Å². The largest absolute Gasteiger partial charge is 0.381 e. The number of nitrogens with one attached hydrogen (secondary N) is 2. The van der Waals surface area contributed by atoms with Crippen molar-refractivity contribution in [3.05, 3.63) is 0 Å². The van der Waals surface area contributed by atoms with Gasteiger partial charge in [0.1, 0.15) is 6.54 Å². The summed E-state index contributed by atoms with van der Waals surface area (Å²) in [5.74, 6) is 0.793. The summed E-state index contributed by atoms with van der Waals surface area (Å²) in [5.41, 5.74) is -0.287. The second-order valence-corrected chi connectivity index (χ2v) is 7.69. The molecule has 1 unspecified atom stereocenters. The third kappa shape index (κ3) is 8.72. The summed E-state index contributed by atoms with van der Waals surface area (Å²) in [5, 5.41) is 6.20. The van der Waals surface area contributed by atoms with Crippen LogP contribution in [-0.4, -0.2) is 87.1 Å². The average molecular weight is 355 g/mol. The lowest BCUT2D eigenvalue weighted by atomic mass is 10.1. The third-order valence-corrected chi connectivity index (χ3v) is 3.69. The molecule has 1 atom stereocenters. The van der Waals surface area contributed by atoms with Crippen molar-refractivity contribution in [1.82, 2.24) is 20.4 Å². The Balaban J connectivity index is 2.68. The van der Waals surface area contributed by atoms with Crippen molar-refractivity contribution in [3.63, 3.8) is 0 Å². The van der Waals surface area contributed by atoms with Gasteiger partial charge < -0.3 is 25.2 Å². The normalized spacial score (nSPS) is 18.0. The van der Waals surface area contributed by atoms with E-state index in [2.05, 4.69) is 15.6 Å². The molecule has 1 rings (SSSR count). The molecule has 0 aromatic heterocycles. The smallest absolute Gasteiger partial charge is 0.243 e. The molecule has 0 saturated carbocycles. The van der Waals surface area contributed by atoms with E-state index in [9.17, 15) is 9.59 Å². The number of carbonyl (C=O) groups excluding carboxylic acids is 2. The zero-order valence-electron chi connectivity index (χ0n) is 16.4. The molecule has 1 aliphatic heterocycles. The summed E-state index contributed by atoms with van der Waals surface area (Å²) in [6.07, 6.45) is 1.01. The second kappa shape index (κ2) is 9.60. The standard InChI is InChI=1S/C17H33N5O3/c1-17(2,3)20-14(23)11-22(6)16(19-10-15(24)21(4)5)18-9-13-7-8-25-12-13/h13H,7-12H2,1-6H3,(H,18,19)(H,20,23). The van der Waals surface area contributed by atoms with Crippen LogP contribution >= 0.6 is 0 Å². The van der Waals surface area contributed by atoms with E-state index < -0.39 is 0 Å². The fraction of sp³-hybridized carbons (Fsp3) is 0.824. The minimum Gasteiger partial charge on any atom is -0.381 e. The van der Waals surface area contributed by atoms with Crippen molar-refractivity contribution in [2.24, 2.45) is 10.9 Å². The van der Waals surface area contributed by atoms with Gasteiger partial charge in [0, 0.05) is 45.8 Å². The average Bonchev–Trinajstić information content (AvgIpc) is 2.97. The molecule has 8 nitrogen and oxygen atoms in total. The molecule has 25 heavy (non-hydrogen) atoms. The van der Waals surface area contributed by atoms with Gasteiger partial charge in [0.15, 0.2) is 5.96 Å². The van der Waals surface area contributed by atoms with Crippen molar-refractivity contribution in [2.45, 2.75) is 32.7 Å². The van der Waals surface area contributed by atoms with E-state index in [0.29, 0.717) is 18.4 Å². The molecule has 0 spiro atoms. The minimum atomic E-state index is -0.287. The number of hydrogen-bond donors (Lipinski definition) is 2. The van der Waals surface area contributed by atoms with Crippen molar-refractivity contribution in [1.29, 1.82) is 0 Å². The topological polar surface area (TPSA) is 86.3 Å². The van der Waals surface area contributed by atoms with Crippen LogP contribution in [0, 0.1) is 5.92 Å². The highest BCUT2D eigenvalue weighted by Crippen LogP contribution is 2.10. The van der Waals surface area contributed by atoms with Crippen LogP contribution in [0.25, 0.3) is 0 Å². The highest BCUT2D eigenvalue weighted by molar-refractivity contribution is 5.88. The fourth-order valence-corrected chi connectivity index (χ4v) is 2.32. The van der Waals surface area contributed by atoms with Crippen molar-refractivity contribution < 1.29 is 14.3 Å². The zero-order valence-corrected chi connectivity index (χ0v) is 16.4. The first-order valence-corrected chi connectivity index (χ1v) is 8.67. The van der Waals surface area contributed by atoms with Gasteiger partial charge in [-0.05, 0) is 27.2 Å². The highest BCUT2D eigenvalue weighted by atomic mass is 16.5. The van der Waals surface area contributed by atoms with Gasteiger partial charge in [-0.1, -0.05) is 0 Å². The number of ether oxygens (including phenoxy) is 1. The molecule has 2 amide bonds. The molecule has 1 aliphatic rings. The Hall–Kier alpha value is -1.83. The molecular formula is C17H33N5O3. The summed E-state index contributed by atoms with van der Waals surface area (Å²) < 4.78 is 5.38. The Morgan fingerprint density at radius 3 is 2.44 bits per heavy atom. The molecule has 2 N–H and O–H groups in total. The lowest BCUT2D eigenvalue weighted by molar-refractivity contribution is -0.127. The quantitative estimate of drug-likeness (QED) is 0.513. The number of guanidine groups is 1. The van der Waals surface area contributed by atoms with Gasteiger partial charge in [-0.25, -0.2) is 4.99 Å². The van der Waals surface area contributed by atoms with Gasteiger partial charge in [-0.3, -0.25) is 9.59 Å². The van der Waals surface area contributed by atoms with E-state index in [0.717, 1.165) is 19.6 Å². The van der Waals surface area contributed by atoms with Crippen molar-refractivity contribution in [2.75, 3.05) is 54.0 Å². The molecular weight excluding hydrogens is 322 g/mol. The Labute approximate surface area is 151 Å². The van der Waals surface area contributed by atoms with Gasteiger partial charge in [-0.15, -0.1) is 0 Å². The summed E-state index contributed by atoms with van der Waals surface area (Å²) in [7, 11) is 5.18. The van der Waals surface area contributed by atoms with E-state index in [1.54, 1.807) is 26.0 Å². The van der Waals surface area contributed by atoms with Gasteiger partial charge in [0.05, 0.1) is 13.2 Å². The molecule has 1 saturated heterocycles. The van der Waals surface area contributed by atoms with E-state index in [1.807, 2.05) is 20.8 Å². The third-order valence-electron chi connectivity index (χ3n) is 3.69. The van der Waals surface area contributed by atoms with Crippen LogP contribution in [-0.2, 0) is 14.3 Å². The fourth-order valence-electron chi connectivity index (χ4n) is 2.32. The first kappa shape index (κ1) is 21.2. The number of carbonyl (C=O) groups is 2. The molecule has 0 aromatic rings. The maximum absolute atomic E-state index is 12.1. The molecule has 144 valence electrons. The Morgan fingerprint density at radius 1 is 1.24 bits per heavy atom. The predicted molar refractivity (Wildman–Crippen MR) is 98.5 cm³/mol. The Kier molecular flexibility index (Phi) is 8.15.